The van der Waals surface area contributed by atoms with Gasteiger partial charge in [0.25, 0.3) is 5.91 Å². The third-order valence-corrected chi connectivity index (χ3v) is 3.72. The van der Waals surface area contributed by atoms with Gasteiger partial charge in [0.15, 0.2) is 5.13 Å². The predicted molar refractivity (Wildman–Crippen MR) is 95.8 cm³/mol. The highest BCUT2D eigenvalue weighted by Crippen LogP contribution is 2.26. The standard InChI is InChI=1S/C17H21N3O4S/c1-17(2,3)24-16(22)19-13(11-7-5-6-8-12(11)23-4)14(21)20-15-18-9-10-25-15/h5-10,13H,1-4H3,(H,19,22)(H,18,20,21)/t13-/m1/s1. The number of nitrogens with zero attached hydrogens (tertiary/aromatic N) is 1. The van der Waals surface area contributed by atoms with Crippen LogP contribution in [0.4, 0.5) is 9.93 Å². The first-order valence-corrected chi connectivity index (χ1v) is 8.51. The van der Waals surface area contributed by atoms with E-state index in [-0.39, 0.29) is 0 Å². The first-order chi connectivity index (χ1) is 11.8. The minimum Gasteiger partial charge on any atom is -0.496 e. The summed E-state index contributed by atoms with van der Waals surface area (Å²) in [4.78, 5) is 28.9. The van der Waals surface area contributed by atoms with Crippen LogP contribution >= 0.6 is 11.3 Å². The summed E-state index contributed by atoms with van der Waals surface area (Å²) in [6.07, 6.45) is 0.886. The molecule has 0 radical (unpaired) electrons. The van der Waals surface area contributed by atoms with Crippen LogP contribution < -0.4 is 15.4 Å². The number of carbonyl (C=O) groups excluding carboxylic acids is 2. The molecule has 1 atom stereocenters. The van der Waals surface area contributed by atoms with Gasteiger partial charge in [0.2, 0.25) is 0 Å². The lowest BCUT2D eigenvalue weighted by molar-refractivity contribution is -0.118. The molecule has 25 heavy (non-hydrogen) atoms. The second-order valence-corrected chi connectivity index (χ2v) is 7.04. The Labute approximate surface area is 150 Å². The fourth-order valence-electron chi connectivity index (χ4n) is 2.08. The van der Waals surface area contributed by atoms with Gasteiger partial charge in [0.1, 0.15) is 17.4 Å². The van der Waals surface area contributed by atoms with Crippen LogP contribution in [0.1, 0.15) is 32.4 Å². The van der Waals surface area contributed by atoms with E-state index >= 15 is 0 Å². The number of anilines is 1. The van der Waals surface area contributed by atoms with Crippen LogP contribution in [0.2, 0.25) is 0 Å². The zero-order valence-corrected chi connectivity index (χ0v) is 15.3. The molecule has 0 spiro atoms. The largest absolute Gasteiger partial charge is 0.496 e. The van der Waals surface area contributed by atoms with Crippen molar-refractivity contribution in [2.45, 2.75) is 32.4 Å². The van der Waals surface area contributed by atoms with Crippen molar-refractivity contribution in [1.82, 2.24) is 10.3 Å². The number of benzene rings is 1. The van der Waals surface area contributed by atoms with Crippen LogP contribution in [-0.4, -0.2) is 29.7 Å². The van der Waals surface area contributed by atoms with Crippen molar-refractivity contribution >= 4 is 28.5 Å². The Morgan fingerprint density at radius 1 is 1.24 bits per heavy atom. The Hall–Kier alpha value is -2.61. The molecule has 0 saturated carbocycles. The lowest BCUT2D eigenvalue weighted by atomic mass is 10.1. The zero-order chi connectivity index (χ0) is 18.4. The first kappa shape index (κ1) is 18.7. The van der Waals surface area contributed by atoms with Crippen molar-refractivity contribution in [2.24, 2.45) is 0 Å². The minimum absolute atomic E-state index is 0.440. The van der Waals surface area contributed by atoms with Crippen molar-refractivity contribution < 1.29 is 19.1 Å². The summed E-state index contributed by atoms with van der Waals surface area (Å²) in [6, 6.07) is 5.98. The third-order valence-electron chi connectivity index (χ3n) is 3.04. The van der Waals surface area contributed by atoms with E-state index in [2.05, 4.69) is 15.6 Å². The molecule has 7 nitrogen and oxygen atoms in total. The van der Waals surface area contributed by atoms with Crippen LogP contribution in [0.25, 0.3) is 0 Å². The second kappa shape index (κ2) is 7.98. The highest BCUT2D eigenvalue weighted by molar-refractivity contribution is 7.13. The SMILES string of the molecule is COc1ccccc1[C@@H](NC(=O)OC(C)(C)C)C(=O)Nc1nccs1. The number of carbonyl (C=O) groups is 2. The van der Waals surface area contributed by atoms with Gasteiger partial charge in [-0.15, -0.1) is 11.3 Å². The number of ether oxygens (including phenoxy) is 2. The summed E-state index contributed by atoms with van der Waals surface area (Å²) in [5.74, 6) is 0.0446. The Morgan fingerprint density at radius 3 is 2.56 bits per heavy atom. The summed E-state index contributed by atoms with van der Waals surface area (Å²) in [5, 5.41) is 7.47. The van der Waals surface area contributed by atoms with Crippen LogP contribution in [0.5, 0.6) is 5.75 Å². The number of amides is 2. The molecule has 2 rings (SSSR count). The first-order valence-electron chi connectivity index (χ1n) is 7.63. The number of hydrogen-bond acceptors (Lipinski definition) is 6. The molecule has 1 aromatic heterocycles. The number of hydrogen-bond donors (Lipinski definition) is 2. The summed E-state index contributed by atoms with van der Waals surface area (Å²) in [7, 11) is 1.50. The van der Waals surface area contributed by atoms with Gasteiger partial charge in [-0.25, -0.2) is 9.78 Å². The third kappa shape index (κ3) is 5.46. The molecule has 134 valence electrons. The van der Waals surface area contributed by atoms with E-state index in [9.17, 15) is 9.59 Å². The summed E-state index contributed by atoms with van der Waals surface area (Å²) < 4.78 is 10.6. The average Bonchev–Trinajstić information content (AvgIpc) is 3.03. The van der Waals surface area contributed by atoms with Crippen LogP contribution in [0, 0.1) is 0 Å². The van der Waals surface area contributed by atoms with E-state index in [0.29, 0.717) is 16.4 Å². The summed E-state index contributed by atoms with van der Waals surface area (Å²) in [6.45, 7) is 5.25. The fourth-order valence-corrected chi connectivity index (χ4v) is 2.61. The zero-order valence-electron chi connectivity index (χ0n) is 14.5. The van der Waals surface area contributed by atoms with E-state index < -0.39 is 23.6 Å². The van der Waals surface area contributed by atoms with Crippen molar-refractivity contribution in [3.8, 4) is 5.75 Å². The normalized spacial score (nSPS) is 12.2. The maximum Gasteiger partial charge on any atom is 0.408 e. The molecule has 2 amide bonds. The van der Waals surface area contributed by atoms with Crippen LogP contribution in [0.3, 0.4) is 0 Å². The van der Waals surface area contributed by atoms with Gasteiger partial charge in [-0.2, -0.15) is 0 Å². The monoisotopic (exact) mass is 363 g/mol. The fraction of sp³-hybridized carbons (Fsp3) is 0.353. The summed E-state index contributed by atoms with van der Waals surface area (Å²) in [5.41, 5.74) is -0.161. The quantitative estimate of drug-likeness (QED) is 0.850. The van der Waals surface area contributed by atoms with Crippen LogP contribution in [0.15, 0.2) is 35.8 Å². The Morgan fingerprint density at radius 2 is 1.96 bits per heavy atom. The molecule has 0 aliphatic rings. The molecular weight excluding hydrogens is 342 g/mol. The summed E-state index contributed by atoms with van der Waals surface area (Å²) >= 11 is 1.28. The average molecular weight is 363 g/mol. The van der Waals surface area contributed by atoms with Gasteiger partial charge in [0, 0.05) is 17.1 Å². The van der Waals surface area contributed by atoms with Gasteiger partial charge < -0.3 is 14.8 Å². The molecule has 2 aromatic rings. The molecule has 0 saturated heterocycles. The molecule has 0 fully saturated rings. The predicted octanol–water partition coefficient (Wildman–Crippen LogP) is 3.36. The molecule has 1 aromatic carbocycles. The van der Waals surface area contributed by atoms with E-state index in [1.807, 2.05) is 0 Å². The van der Waals surface area contributed by atoms with Gasteiger partial charge in [-0.1, -0.05) is 18.2 Å². The maximum atomic E-state index is 12.7. The Kier molecular flexibility index (Phi) is 5.97. The van der Waals surface area contributed by atoms with E-state index in [4.69, 9.17) is 9.47 Å². The Bertz CT molecular complexity index is 726. The highest BCUT2D eigenvalue weighted by atomic mass is 32.1. The molecule has 0 unspecified atom stereocenters. The van der Waals surface area contributed by atoms with Gasteiger partial charge in [-0.3, -0.25) is 10.1 Å². The number of methoxy groups -OCH3 is 1. The lowest BCUT2D eigenvalue weighted by Crippen LogP contribution is -2.40. The Balaban J connectivity index is 2.27. The van der Waals surface area contributed by atoms with Gasteiger partial charge in [-0.05, 0) is 26.8 Å². The van der Waals surface area contributed by atoms with E-state index in [1.54, 1.807) is 56.6 Å². The topological polar surface area (TPSA) is 89.5 Å². The number of aromatic nitrogens is 1. The number of para-hydroxylation sites is 1. The van der Waals surface area contributed by atoms with E-state index in [1.165, 1.54) is 18.4 Å². The molecule has 0 aliphatic carbocycles. The molecule has 0 bridgehead atoms. The van der Waals surface area contributed by atoms with Gasteiger partial charge in [0.05, 0.1) is 7.11 Å². The molecule has 1 heterocycles. The van der Waals surface area contributed by atoms with Crippen molar-refractivity contribution in [3.63, 3.8) is 0 Å². The number of alkyl carbamates (subject to hydrolysis) is 1. The van der Waals surface area contributed by atoms with Crippen molar-refractivity contribution in [2.75, 3.05) is 12.4 Å². The number of nitrogens with one attached hydrogen (secondary N) is 2. The molecule has 0 aliphatic heterocycles. The number of thiazole rings is 1. The highest BCUT2D eigenvalue weighted by Gasteiger charge is 2.28. The maximum absolute atomic E-state index is 12.7. The van der Waals surface area contributed by atoms with Gasteiger partial charge >= 0.3 is 6.09 Å². The smallest absolute Gasteiger partial charge is 0.408 e. The molecular formula is C17H21N3O4S. The van der Waals surface area contributed by atoms with Crippen molar-refractivity contribution in [1.29, 1.82) is 0 Å². The minimum atomic E-state index is -0.991. The molecule has 2 N–H and O–H groups in total. The van der Waals surface area contributed by atoms with E-state index in [0.717, 1.165) is 0 Å². The number of rotatable bonds is 5. The van der Waals surface area contributed by atoms with Crippen LogP contribution in [-0.2, 0) is 9.53 Å². The lowest BCUT2D eigenvalue weighted by Gasteiger charge is -2.24. The van der Waals surface area contributed by atoms with Crippen molar-refractivity contribution in [3.05, 3.63) is 41.4 Å². The second-order valence-electron chi connectivity index (χ2n) is 6.15. The molecule has 8 heteroatoms.